The van der Waals surface area contributed by atoms with Gasteiger partial charge in [-0.15, -0.1) is 0 Å². The normalized spacial score (nSPS) is 12.3. The molecule has 0 aliphatic carbocycles. The van der Waals surface area contributed by atoms with Gasteiger partial charge in [0.1, 0.15) is 33.1 Å². The zero-order chi connectivity index (χ0) is 30.1. The Morgan fingerprint density at radius 3 is 0.452 bits per heavy atom. The fourth-order valence-corrected chi connectivity index (χ4v) is 4.88. The second-order valence-electron chi connectivity index (χ2n) is 8.64. The van der Waals surface area contributed by atoms with Crippen LogP contribution in [0.5, 0.6) is 0 Å². The molecular weight excluding hydrogens is 600 g/mol. The molecule has 0 amide bonds. The molecule has 0 bridgehead atoms. The number of hydrogen-bond acceptors (Lipinski definition) is 6. The molecule has 0 unspecified atom stereocenters. The van der Waals surface area contributed by atoms with Gasteiger partial charge in [-0.25, -0.2) is 56.2 Å². The van der Waals surface area contributed by atoms with Crippen LogP contribution in [0.25, 0.3) is 65.4 Å². The smallest absolute Gasteiger partial charge is 0.211 e. The molecule has 42 heavy (non-hydrogen) atoms. The molecule has 3 heterocycles. The van der Waals surface area contributed by atoms with Crippen molar-refractivity contribution in [2.45, 2.75) is 0 Å². The Kier molecular flexibility index (Phi) is 5.03. The maximum atomic E-state index is 16.0. The standard InChI is InChI=1S/C24F12N6/c25-7-1-2(8(26)14-13(7)37-19(31)20(32)38-14)4-6(12(30)18-17(11(4)29)41-23(35)24(36)42-18)5-3(1)9(27)15-16(10(5)28)40-22(34)21(33)39-15. The minimum atomic E-state index is -2.08. The van der Waals surface area contributed by atoms with Gasteiger partial charge in [0.25, 0.3) is 35.7 Å². The Morgan fingerprint density at radius 2 is 0.333 bits per heavy atom. The topological polar surface area (TPSA) is 77.3 Å². The molecule has 210 valence electrons. The van der Waals surface area contributed by atoms with Crippen LogP contribution in [0.3, 0.4) is 0 Å². The van der Waals surface area contributed by atoms with Gasteiger partial charge in [0.05, 0.1) is 0 Å². The van der Waals surface area contributed by atoms with Crippen molar-refractivity contribution in [3.05, 3.63) is 70.6 Å². The van der Waals surface area contributed by atoms with Gasteiger partial charge in [0.2, 0.25) is 0 Å². The van der Waals surface area contributed by atoms with Gasteiger partial charge in [-0.1, -0.05) is 0 Å². The van der Waals surface area contributed by atoms with Crippen molar-refractivity contribution in [1.82, 2.24) is 29.9 Å². The zero-order valence-electron chi connectivity index (χ0n) is 19.2. The van der Waals surface area contributed by atoms with Crippen LogP contribution in [0, 0.1) is 70.6 Å². The molecule has 7 aromatic rings. The van der Waals surface area contributed by atoms with Crippen molar-refractivity contribution in [3.63, 3.8) is 0 Å². The lowest BCUT2D eigenvalue weighted by Gasteiger charge is -2.17. The molecule has 0 saturated carbocycles. The molecule has 3 aromatic heterocycles. The van der Waals surface area contributed by atoms with Gasteiger partial charge < -0.3 is 0 Å². The SMILES string of the molecule is Fc1nc2c(F)c3c4c(F)c5nc(F)c(F)nc5c(F)c4c4c(F)c5nc(F)c(F)nc5c(F)c4c3c(F)c2nc1F. The summed E-state index contributed by atoms with van der Waals surface area (Å²) in [6.07, 6.45) is 0. The number of hydrogen-bond donors (Lipinski definition) is 0. The number of nitrogens with zero attached hydrogens (tertiary/aromatic N) is 6. The Labute approximate surface area is 219 Å². The fraction of sp³-hybridized carbons (Fsp3) is 0. The second-order valence-corrected chi connectivity index (χ2v) is 8.64. The van der Waals surface area contributed by atoms with Crippen LogP contribution >= 0.6 is 0 Å². The van der Waals surface area contributed by atoms with Gasteiger partial charge in [-0.3, -0.25) is 0 Å². The van der Waals surface area contributed by atoms with Crippen molar-refractivity contribution < 1.29 is 52.7 Å². The summed E-state index contributed by atoms with van der Waals surface area (Å²) in [7, 11) is 0. The maximum Gasteiger partial charge on any atom is 0.269 e. The number of benzene rings is 4. The first-order valence-electron chi connectivity index (χ1n) is 11.0. The summed E-state index contributed by atoms with van der Waals surface area (Å²) in [4.78, 5) is 17.2. The van der Waals surface area contributed by atoms with E-state index in [-0.39, 0.29) is 0 Å². The Balaban J connectivity index is 1.96. The van der Waals surface area contributed by atoms with Gasteiger partial charge in [0, 0.05) is 32.3 Å². The second kappa shape index (κ2) is 8.20. The third-order valence-corrected chi connectivity index (χ3v) is 6.51. The first-order valence-corrected chi connectivity index (χ1v) is 11.0. The predicted molar refractivity (Wildman–Crippen MR) is 118 cm³/mol. The van der Waals surface area contributed by atoms with E-state index in [2.05, 4.69) is 29.9 Å². The molecule has 0 atom stereocenters. The highest BCUT2D eigenvalue weighted by Crippen LogP contribution is 2.47. The molecule has 0 radical (unpaired) electrons. The lowest BCUT2D eigenvalue weighted by Crippen LogP contribution is -2.07. The quantitative estimate of drug-likeness (QED) is 0.110. The monoisotopic (exact) mass is 600 g/mol. The molecular formula is C24F12N6. The molecule has 0 N–H and O–H groups in total. The van der Waals surface area contributed by atoms with Crippen molar-refractivity contribution in [1.29, 1.82) is 0 Å². The molecule has 0 aliphatic heterocycles. The summed E-state index contributed by atoms with van der Waals surface area (Å²) in [5, 5.41) is -9.08. The highest BCUT2D eigenvalue weighted by Gasteiger charge is 2.33. The molecule has 0 aliphatic rings. The van der Waals surface area contributed by atoms with E-state index in [9.17, 15) is 26.3 Å². The highest BCUT2D eigenvalue weighted by molar-refractivity contribution is 6.30. The average molecular weight is 600 g/mol. The number of halogens is 12. The Bertz CT molecular complexity index is 1980. The summed E-state index contributed by atoms with van der Waals surface area (Å²) < 4.78 is 179. The predicted octanol–water partition coefficient (Wildman–Crippen LogP) is 6.64. The molecule has 7 rings (SSSR count). The Hall–Kier alpha value is -5.16. The summed E-state index contributed by atoms with van der Waals surface area (Å²) in [5.74, 6) is -24.5. The van der Waals surface area contributed by atoms with Crippen LogP contribution in [0.15, 0.2) is 0 Å². The molecule has 18 heteroatoms. The van der Waals surface area contributed by atoms with Crippen LogP contribution in [0.2, 0.25) is 0 Å². The van der Waals surface area contributed by atoms with Crippen LogP contribution in [0.1, 0.15) is 0 Å². The van der Waals surface area contributed by atoms with E-state index in [0.29, 0.717) is 0 Å². The van der Waals surface area contributed by atoms with Crippen LogP contribution in [-0.2, 0) is 0 Å². The largest absolute Gasteiger partial charge is 0.269 e. The van der Waals surface area contributed by atoms with Crippen LogP contribution in [0.4, 0.5) is 52.7 Å². The molecule has 4 aromatic carbocycles. The van der Waals surface area contributed by atoms with E-state index in [0.717, 1.165) is 0 Å². The van der Waals surface area contributed by atoms with E-state index in [1.165, 1.54) is 0 Å². The van der Waals surface area contributed by atoms with Gasteiger partial charge in [0.15, 0.2) is 34.9 Å². The fourth-order valence-electron chi connectivity index (χ4n) is 4.88. The van der Waals surface area contributed by atoms with Gasteiger partial charge in [-0.05, 0) is 0 Å². The van der Waals surface area contributed by atoms with Gasteiger partial charge >= 0.3 is 0 Å². The lowest BCUT2D eigenvalue weighted by atomic mass is 9.90. The maximum absolute atomic E-state index is 16.0. The average Bonchev–Trinajstić information content (AvgIpc) is 2.95. The Morgan fingerprint density at radius 1 is 0.214 bits per heavy atom. The minimum Gasteiger partial charge on any atom is -0.211 e. The number of rotatable bonds is 0. The molecule has 6 nitrogen and oxygen atoms in total. The summed E-state index contributed by atoms with van der Waals surface area (Å²) in [6.45, 7) is 0. The third kappa shape index (κ3) is 3.03. The first kappa shape index (κ1) is 25.8. The van der Waals surface area contributed by atoms with Crippen LogP contribution < -0.4 is 0 Å². The first-order chi connectivity index (χ1) is 19.8. The summed E-state index contributed by atoms with van der Waals surface area (Å²) >= 11 is 0. The van der Waals surface area contributed by atoms with E-state index in [1.54, 1.807) is 0 Å². The van der Waals surface area contributed by atoms with Crippen molar-refractivity contribution in [3.8, 4) is 0 Å². The summed E-state index contributed by atoms with van der Waals surface area (Å²) in [5.41, 5.74) is -8.64. The van der Waals surface area contributed by atoms with Gasteiger partial charge in [-0.2, -0.15) is 26.3 Å². The van der Waals surface area contributed by atoms with E-state index < -0.39 is 136 Å². The highest BCUT2D eigenvalue weighted by atomic mass is 19.2. The zero-order valence-corrected chi connectivity index (χ0v) is 19.2. The molecule has 0 fully saturated rings. The van der Waals surface area contributed by atoms with Crippen molar-refractivity contribution in [2.24, 2.45) is 0 Å². The third-order valence-electron chi connectivity index (χ3n) is 6.51. The molecule has 0 spiro atoms. The minimum absolute atomic E-state index is 1.44. The summed E-state index contributed by atoms with van der Waals surface area (Å²) in [6, 6.07) is 0. The van der Waals surface area contributed by atoms with E-state index in [4.69, 9.17) is 0 Å². The van der Waals surface area contributed by atoms with E-state index in [1.807, 2.05) is 0 Å². The number of aromatic nitrogens is 6. The van der Waals surface area contributed by atoms with Crippen molar-refractivity contribution >= 4 is 65.4 Å². The van der Waals surface area contributed by atoms with E-state index >= 15 is 26.3 Å². The number of fused-ring (bicyclic) bond motifs is 9. The molecule has 0 saturated heterocycles. The van der Waals surface area contributed by atoms with Crippen LogP contribution in [-0.4, -0.2) is 29.9 Å². The van der Waals surface area contributed by atoms with Crippen molar-refractivity contribution in [2.75, 3.05) is 0 Å². The lowest BCUT2D eigenvalue weighted by molar-refractivity contribution is 0.455.